The third kappa shape index (κ3) is 5.23. The van der Waals surface area contributed by atoms with Gasteiger partial charge in [0.15, 0.2) is 6.16 Å². The maximum Gasteiger partial charge on any atom is 0.440 e. The fraction of sp³-hybridized carbons (Fsp3) is 0.0500. The zero-order chi connectivity index (χ0) is 18.2. The van der Waals surface area contributed by atoms with Crippen molar-refractivity contribution in [2.24, 2.45) is 0 Å². The molecule has 0 heterocycles. The first kappa shape index (κ1) is 17.8. The minimum atomic E-state index is -3.77. The zero-order valence-corrected chi connectivity index (χ0v) is 14.8. The Bertz CT molecular complexity index is 840. The SMILES string of the molecule is O=C(CP(=O)(Oc1ccccc1)Oc1ccccc1)Nc1ccccc1. The number of hydrogen-bond donors (Lipinski definition) is 1. The van der Waals surface area contributed by atoms with E-state index in [0.717, 1.165) is 0 Å². The van der Waals surface area contributed by atoms with Crippen molar-refractivity contribution in [2.75, 3.05) is 11.5 Å². The van der Waals surface area contributed by atoms with Gasteiger partial charge in [0.2, 0.25) is 5.91 Å². The molecule has 3 rings (SSSR count). The van der Waals surface area contributed by atoms with Crippen LogP contribution in [0.1, 0.15) is 0 Å². The number of nitrogens with one attached hydrogen (secondary N) is 1. The first-order chi connectivity index (χ1) is 12.6. The highest BCUT2D eigenvalue weighted by Crippen LogP contribution is 2.48. The van der Waals surface area contributed by atoms with Crippen molar-refractivity contribution in [3.63, 3.8) is 0 Å². The van der Waals surface area contributed by atoms with Crippen molar-refractivity contribution in [1.29, 1.82) is 0 Å². The molecule has 132 valence electrons. The summed E-state index contributed by atoms with van der Waals surface area (Å²) in [7, 11) is -3.77. The van der Waals surface area contributed by atoms with Crippen LogP contribution < -0.4 is 14.4 Å². The van der Waals surface area contributed by atoms with Crippen molar-refractivity contribution in [2.45, 2.75) is 0 Å². The fourth-order valence-electron chi connectivity index (χ4n) is 2.26. The molecule has 6 heteroatoms. The van der Waals surface area contributed by atoms with E-state index in [2.05, 4.69) is 5.32 Å². The molecule has 3 aromatic rings. The monoisotopic (exact) mass is 367 g/mol. The molecule has 1 amide bonds. The van der Waals surface area contributed by atoms with E-state index < -0.39 is 19.7 Å². The van der Waals surface area contributed by atoms with Crippen LogP contribution in [0, 0.1) is 0 Å². The maximum absolute atomic E-state index is 13.2. The average Bonchev–Trinajstić information content (AvgIpc) is 2.63. The van der Waals surface area contributed by atoms with Crippen LogP contribution in [0.25, 0.3) is 0 Å². The van der Waals surface area contributed by atoms with Gasteiger partial charge in [-0.3, -0.25) is 4.79 Å². The molecule has 0 radical (unpaired) electrons. The largest absolute Gasteiger partial charge is 0.440 e. The Morgan fingerprint density at radius 3 is 1.62 bits per heavy atom. The van der Waals surface area contributed by atoms with Crippen LogP contribution in [0.5, 0.6) is 11.5 Å². The molecular weight excluding hydrogens is 349 g/mol. The highest BCUT2D eigenvalue weighted by Gasteiger charge is 2.32. The number of hydrogen-bond acceptors (Lipinski definition) is 4. The summed E-state index contributed by atoms with van der Waals surface area (Å²) in [4.78, 5) is 12.4. The van der Waals surface area contributed by atoms with Gasteiger partial charge < -0.3 is 14.4 Å². The second-order valence-corrected chi connectivity index (χ2v) is 7.40. The molecule has 3 aromatic carbocycles. The highest BCUT2D eigenvalue weighted by molar-refractivity contribution is 7.55. The van der Waals surface area contributed by atoms with Gasteiger partial charge in [-0.25, -0.2) is 4.57 Å². The lowest BCUT2D eigenvalue weighted by atomic mass is 10.3. The van der Waals surface area contributed by atoms with E-state index in [9.17, 15) is 9.36 Å². The molecular formula is C20H18NO4P. The van der Waals surface area contributed by atoms with Crippen LogP contribution in [0.15, 0.2) is 91.0 Å². The van der Waals surface area contributed by atoms with Gasteiger partial charge in [0.25, 0.3) is 0 Å². The van der Waals surface area contributed by atoms with E-state index in [-0.39, 0.29) is 0 Å². The van der Waals surface area contributed by atoms with Crippen LogP contribution in [0.4, 0.5) is 5.69 Å². The van der Waals surface area contributed by atoms with E-state index in [1.807, 2.05) is 18.2 Å². The minimum Gasteiger partial charge on any atom is -0.416 e. The molecule has 0 saturated heterocycles. The van der Waals surface area contributed by atoms with Gasteiger partial charge in [0, 0.05) is 5.69 Å². The molecule has 0 aliphatic rings. The first-order valence-electron chi connectivity index (χ1n) is 8.06. The first-order valence-corrected chi connectivity index (χ1v) is 9.79. The Hall–Kier alpha value is -3.04. The number of carbonyl (C=O) groups is 1. The fourth-order valence-corrected chi connectivity index (χ4v) is 3.75. The Morgan fingerprint density at radius 2 is 1.15 bits per heavy atom. The van der Waals surface area contributed by atoms with Crippen LogP contribution in [0.3, 0.4) is 0 Å². The molecule has 0 atom stereocenters. The second kappa shape index (κ2) is 8.37. The minimum absolute atomic E-state index is 0.374. The van der Waals surface area contributed by atoms with E-state index >= 15 is 0 Å². The lowest BCUT2D eigenvalue weighted by molar-refractivity contribution is -0.114. The summed E-state index contributed by atoms with van der Waals surface area (Å²) in [5, 5.41) is 2.70. The number of amides is 1. The lowest BCUT2D eigenvalue weighted by Gasteiger charge is -2.19. The van der Waals surface area contributed by atoms with Gasteiger partial charge in [0.05, 0.1) is 0 Å². The van der Waals surface area contributed by atoms with Crippen LogP contribution in [0.2, 0.25) is 0 Å². The summed E-state index contributed by atoms with van der Waals surface area (Å²) < 4.78 is 24.4. The van der Waals surface area contributed by atoms with Crippen molar-refractivity contribution in [3.8, 4) is 11.5 Å². The Labute approximate surface area is 152 Å². The Kier molecular flexibility index (Phi) is 5.72. The van der Waals surface area contributed by atoms with Gasteiger partial charge in [-0.15, -0.1) is 0 Å². The summed E-state index contributed by atoms with van der Waals surface area (Å²) in [6, 6.07) is 26.3. The molecule has 0 fully saturated rings. The van der Waals surface area contributed by atoms with E-state index in [4.69, 9.17) is 9.05 Å². The lowest BCUT2D eigenvalue weighted by Crippen LogP contribution is -2.20. The van der Waals surface area contributed by atoms with Crippen LogP contribution in [-0.2, 0) is 9.36 Å². The smallest absolute Gasteiger partial charge is 0.416 e. The Balaban J connectivity index is 1.77. The quantitative estimate of drug-likeness (QED) is 0.599. The molecule has 0 aromatic heterocycles. The summed E-state index contributed by atoms with van der Waals surface area (Å²) in [6.45, 7) is 0. The van der Waals surface area contributed by atoms with Crippen molar-refractivity contribution in [3.05, 3.63) is 91.0 Å². The molecule has 0 bridgehead atoms. The third-order valence-electron chi connectivity index (χ3n) is 3.37. The van der Waals surface area contributed by atoms with Gasteiger partial charge in [0.1, 0.15) is 11.5 Å². The van der Waals surface area contributed by atoms with E-state index in [1.54, 1.807) is 72.8 Å². The zero-order valence-electron chi connectivity index (χ0n) is 13.9. The number of para-hydroxylation sites is 3. The molecule has 26 heavy (non-hydrogen) atoms. The maximum atomic E-state index is 13.2. The van der Waals surface area contributed by atoms with Gasteiger partial charge in [-0.1, -0.05) is 54.6 Å². The van der Waals surface area contributed by atoms with Crippen LogP contribution in [-0.4, -0.2) is 12.1 Å². The van der Waals surface area contributed by atoms with Crippen molar-refractivity contribution in [1.82, 2.24) is 0 Å². The van der Waals surface area contributed by atoms with Crippen molar-refractivity contribution >= 4 is 19.2 Å². The van der Waals surface area contributed by atoms with Gasteiger partial charge >= 0.3 is 7.60 Å². The highest BCUT2D eigenvalue weighted by atomic mass is 31.2. The number of carbonyl (C=O) groups excluding carboxylic acids is 1. The standard InChI is InChI=1S/C20H18NO4P/c22-20(21-17-10-4-1-5-11-17)16-26(23,24-18-12-6-2-7-13-18)25-19-14-8-3-9-15-19/h1-15H,16H2,(H,21,22). The van der Waals surface area contributed by atoms with E-state index in [1.165, 1.54) is 0 Å². The Morgan fingerprint density at radius 1 is 0.731 bits per heavy atom. The summed E-state index contributed by atoms with van der Waals surface area (Å²) >= 11 is 0. The third-order valence-corrected chi connectivity index (χ3v) is 5.02. The summed E-state index contributed by atoms with van der Waals surface area (Å²) in [5.74, 6) is 0.296. The normalized spacial score (nSPS) is 10.8. The molecule has 1 N–H and O–H groups in total. The van der Waals surface area contributed by atoms with Gasteiger partial charge in [-0.05, 0) is 36.4 Å². The molecule has 0 aliphatic heterocycles. The number of rotatable bonds is 7. The predicted molar refractivity (Wildman–Crippen MR) is 102 cm³/mol. The number of benzene rings is 3. The predicted octanol–water partition coefficient (Wildman–Crippen LogP) is 4.98. The summed E-state index contributed by atoms with van der Waals surface area (Å²) in [6.07, 6.45) is -0.411. The number of anilines is 1. The van der Waals surface area contributed by atoms with Crippen molar-refractivity contribution < 1.29 is 18.4 Å². The average molecular weight is 367 g/mol. The molecule has 0 saturated carbocycles. The molecule has 0 aliphatic carbocycles. The molecule has 5 nitrogen and oxygen atoms in total. The second-order valence-electron chi connectivity index (χ2n) is 5.49. The van der Waals surface area contributed by atoms with Crippen LogP contribution >= 0.6 is 7.60 Å². The van der Waals surface area contributed by atoms with E-state index in [0.29, 0.717) is 17.2 Å². The summed E-state index contributed by atoms with van der Waals surface area (Å²) in [5.41, 5.74) is 0.614. The van der Waals surface area contributed by atoms with Gasteiger partial charge in [-0.2, -0.15) is 0 Å². The molecule has 0 unspecified atom stereocenters. The topological polar surface area (TPSA) is 64.6 Å². The molecule has 0 spiro atoms.